The van der Waals surface area contributed by atoms with Crippen LogP contribution in [0.15, 0.2) is 18.5 Å². The number of anilines is 1. The van der Waals surface area contributed by atoms with Crippen LogP contribution in [0.4, 0.5) is 5.69 Å². The van der Waals surface area contributed by atoms with Crippen LogP contribution in [0, 0.1) is 11.8 Å². The number of rotatable bonds is 2. The number of aromatic nitrogens is 1. The van der Waals surface area contributed by atoms with E-state index in [0.717, 1.165) is 18.4 Å². The fourth-order valence-corrected chi connectivity index (χ4v) is 3.05. The predicted octanol–water partition coefficient (Wildman–Crippen LogP) is 3.69. The van der Waals surface area contributed by atoms with Crippen molar-refractivity contribution in [2.75, 3.05) is 11.4 Å². The lowest BCUT2D eigenvalue weighted by atomic mass is 9.85. The van der Waals surface area contributed by atoms with Crippen molar-refractivity contribution in [3.05, 3.63) is 24.0 Å². The minimum absolute atomic E-state index is 0.559. The van der Waals surface area contributed by atoms with Gasteiger partial charge in [0.15, 0.2) is 0 Å². The second-order valence-corrected chi connectivity index (χ2v) is 5.62. The van der Waals surface area contributed by atoms with Crippen LogP contribution in [-0.4, -0.2) is 17.6 Å². The average molecular weight is 253 g/mol. The molecule has 0 radical (unpaired) electrons. The molecule has 17 heavy (non-hydrogen) atoms. The molecule has 0 saturated carbocycles. The number of halogens is 1. The molecule has 1 aliphatic rings. The summed E-state index contributed by atoms with van der Waals surface area (Å²) in [6.07, 6.45) is 5.09. The second-order valence-electron chi connectivity index (χ2n) is 5.35. The van der Waals surface area contributed by atoms with E-state index in [1.165, 1.54) is 17.7 Å². The molecule has 0 bridgehead atoms. The van der Waals surface area contributed by atoms with E-state index in [9.17, 15) is 0 Å². The Hall–Kier alpha value is -0.760. The van der Waals surface area contributed by atoms with Gasteiger partial charge in [-0.25, -0.2) is 0 Å². The number of hydrogen-bond donors (Lipinski definition) is 0. The van der Waals surface area contributed by atoms with E-state index >= 15 is 0 Å². The van der Waals surface area contributed by atoms with Gasteiger partial charge in [-0.2, -0.15) is 0 Å². The Morgan fingerprint density at radius 3 is 2.88 bits per heavy atom. The number of alkyl halides is 1. The number of piperidine rings is 1. The van der Waals surface area contributed by atoms with Gasteiger partial charge in [0.1, 0.15) is 0 Å². The Morgan fingerprint density at radius 2 is 2.18 bits per heavy atom. The number of nitrogens with zero attached hydrogens (tertiary/aromatic N) is 2. The maximum absolute atomic E-state index is 6.02. The highest BCUT2D eigenvalue weighted by atomic mass is 35.5. The largest absolute Gasteiger partial charge is 0.367 e. The van der Waals surface area contributed by atoms with Gasteiger partial charge in [0.05, 0.1) is 11.9 Å². The van der Waals surface area contributed by atoms with Crippen LogP contribution in [-0.2, 0) is 5.88 Å². The molecule has 2 heterocycles. The van der Waals surface area contributed by atoms with Crippen LogP contribution in [0.2, 0.25) is 0 Å². The SMILES string of the molecule is CC1CC(C)C(C)N(c2cnccc2CCl)C1. The number of hydrogen-bond acceptors (Lipinski definition) is 2. The van der Waals surface area contributed by atoms with Crippen molar-refractivity contribution in [1.29, 1.82) is 0 Å². The molecule has 3 unspecified atom stereocenters. The Balaban J connectivity index is 2.31. The van der Waals surface area contributed by atoms with Gasteiger partial charge >= 0.3 is 0 Å². The first-order valence-electron chi connectivity index (χ1n) is 6.39. The Morgan fingerprint density at radius 1 is 1.41 bits per heavy atom. The summed E-state index contributed by atoms with van der Waals surface area (Å²) >= 11 is 6.02. The van der Waals surface area contributed by atoms with Crippen molar-refractivity contribution in [3.8, 4) is 0 Å². The van der Waals surface area contributed by atoms with Crippen molar-refractivity contribution >= 4 is 17.3 Å². The molecule has 0 amide bonds. The molecule has 1 fully saturated rings. The number of pyridine rings is 1. The summed E-state index contributed by atoms with van der Waals surface area (Å²) < 4.78 is 0. The normalized spacial score (nSPS) is 29.4. The van der Waals surface area contributed by atoms with Gasteiger partial charge < -0.3 is 4.90 Å². The van der Waals surface area contributed by atoms with Gasteiger partial charge in [0, 0.05) is 24.7 Å². The molecule has 2 rings (SSSR count). The Kier molecular flexibility index (Phi) is 3.93. The van der Waals surface area contributed by atoms with Gasteiger partial charge in [-0.15, -0.1) is 11.6 Å². The lowest BCUT2D eigenvalue weighted by molar-refractivity contribution is 0.296. The van der Waals surface area contributed by atoms with E-state index in [2.05, 4.69) is 30.7 Å². The van der Waals surface area contributed by atoms with Crippen molar-refractivity contribution in [2.45, 2.75) is 39.1 Å². The molecule has 3 atom stereocenters. The average Bonchev–Trinajstić information content (AvgIpc) is 2.33. The van der Waals surface area contributed by atoms with Crippen LogP contribution < -0.4 is 4.90 Å². The van der Waals surface area contributed by atoms with Crippen LogP contribution in [0.1, 0.15) is 32.8 Å². The summed E-state index contributed by atoms with van der Waals surface area (Å²) in [5.41, 5.74) is 2.41. The molecule has 0 spiro atoms. The van der Waals surface area contributed by atoms with E-state index < -0.39 is 0 Å². The molecule has 1 aromatic rings. The molecule has 1 aliphatic heterocycles. The van der Waals surface area contributed by atoms with Crippen LogP contribution in [0.3, 0.4) is 0 Å². The fraction of sp³-hybridized carbons (Fsp3) is 0.643. The van der Waals surface area contributed by atoms with E-state index in [4.69, 9.17) is 11.6 Å². The Bertz CT molecular complexity index is 380. The molecular formula is C14H21ClN2. The van der Waals surface area contributed by atoms with E-state index in [0.29, 0.717) is 11.9 Å². The van der Waals surface area contributed by atoms with E-state index in [1.54, 1.807) is 0 Å². The molecule has 3 heteroatoms. The zero-order valence-electron chi connectivity index (χ0n) is 10.9. The lowest BCUT2D eigenvalue weighted by Crippen LogP contribution is -2.46. The van der Waals surface area contributed by atoms with Crippen molar-refractivity contribution < 1.29 is 0 Å². The third-order valence-corrected chi connectivity index (χ3v) is 4.23. The molecule has 0 aliphatic carbocycles. The van der Waals surface area contributed by atoms with Crippen molar-refractivity contribution in [1.82, 2.24) is 4.98 Å². The van der Waals surface area contributed by atoms with Crippen molar-refractivity contribution in [3.63, 3.8) is 0 Å². The topological polar surface area (TPSA) is 16.1 Å². The molecule has 0 N–H and O–H groups in total. The minimum Gasteiger partial charge on any atom is -0.367 e. The monoisotopic (exact) mass is 252 g/mol. The summed E-state index contributed by atoms with van der Waals surface area (Å²) in [6, 6.07) is 2.59. The highest BCUT2D eigenvalue weighted by molar-refractivity contribution is 6.17. The Labute approximate surface area is 109 Å². The molecule has 1 aromatic heterocycles. The van der Waals surface area contributed by atoms with Gasteiger partial charge in [0.2, 0.25) is 0 Å². The first-order valence-corrected chi connectivity index (χ1v) is 6.92. The summed E-state index contributed by atoms with van der Waals surface area (Å²) in [4.78, 5) is 6.73. The standard InChI is InChI=1S/C14H21ClN2/c1-10-6-11(2)12(3)17(9-10)14-8-16-5-4-13(14)7-15/h4-5,8,10-12H,6-7,9H2,1-3H3. The zero-order chi connectivity index (χ0) is 12.4. The molecule has 1 saturated heterocycles. The van der Waals surface area contributed by atoms with Gasteiger partial charge in [0.25, 0.3) is 0 Å². The third kappa shape index (κ3) is 2.57. The van der Waals surface area contributed by atoms with Crippen LogP contribution in [0.25, 0.3) is 0 Å². The van der Waals surface area contributed by atoms with Gasteiger partial charge in [-0.1, -0.05) is 13.8 Å². The second kappa shape index (κ2) is 5.26. The van der Waals surface area contributed by atoms with Gasteiger partial charge in [-0.3, -0.25) is 4.98 Å². The summed E-state index contributed by atoms with van der Waals surface area (Å²) in [6.45, 7) is 8.08. The van der Waals surface area contributed by atoms with Gasteiger partial charge in [-0.05, 0) is 36.8 Å². The lowest BCUT2D eigenvalue weighted by Gasteiger charge is -2.43. The maximum Gasteiger partial charge on any atom is 0.0600 e. The quantitative estimate of drug-likeness (QED) is 0.747. The maximum atomic E-state index is 6.02. The molecule has 2 nitrogen and oxygen atoms in total. The van der Waals surface area contributed by atoms with Crippen LogP contribution in [0.5, 0.6) is 0 Å². The minimum atomic E-state index is 0.559. The van der Waals surface area contributed by atoms with E-state index in [-0.39, 0.29) is 0 Å². The molecular weight excluding hydrogens is 232 g/mol. The third-order valence-electron chi connectivity index (χ3n) is 3.94. The first kappa shape index (κ1) is 12.7. The smallest absolute Gasteiger partial charge is 0.0600 e. The zero-order valence-corrected chi connectivity index (χ0v) is 11.6. The molecule has 94 valence electrons. The summed E-state index contributed by atoms with van der Waals surface area (Å²) in [7, 11) is 0. The predicted molar refractivity (Wildman–Crippen MR) is 73.5 cm³/mol. The molecule has 0 aromatic carbocycles. The first-order chi connectivity index (χ1) is 8.13. The van der Waals surface area contributed by atoms with E-state index in [1.807, 2.05) is 18.5 Å². The van der Waals surface area contributed by atoms with Crippen LogP contribution >= 0.6 is 11.6 Å². The highest BCUT2D eigenvalue weighted by Gasteiger charge is 2.29. The fourth-order valence-electron chi connectivity index (χ4n) is 2.82. The summed E-state index contributed by atoms with van der Waals surface area (Å²) in [5, 5.41) is 0. The summed E-state index contributed by atoms with van der Waals surface area (Å²) in [5.74, 6) is 2.02. The highest BCUT2D eigenvalue weighted by Crippen LogP contribution is 2.33. The van der Waals surface area contributed by atoms with Crippen molar-refractivity contribution in [2.24, 2.45) is 11.8 Å².